The smallest absolute Gasteiger partial charge is 0.231 e. The second-order valence-electron chi connectivity index (χ2n) is 7.20. The van der Waals surface area contributed by atoms with E-state index in [1.165, 1.54) is 0 Å². The average Bonchev–Trinajstić information content (AvgIpc) is 2.71. The van der Waals surface area contributed by atoms with E-state index in [-0.39, 0.29) is 27.3 Å². The summed E-state index contributed by atoms with van der Waals surface area (Å²) >= 11 is 3.58. The molecule has 2 bridgehead atoms. The predicted octanol–water partition coefficient (Wildman–Crippen LogP) is 1.58. The number of carbonyl (C=O) groups is 2. The predicted molar refractivity (Wildman–Crippen MR) is 80.7 cm³/mol. The van der Waals surface area contributed by atoms with Gasteiger partial charge in [0.1, 0.15) is 0 Å². The largest absolute Gasteiger partial charge is 0.340 e. The molecule has 3 fully saturated rings. The number of Topliss-reactive ketones (excluding diaryl/α,β-unsaturated/α-hetero) is 1. The van der Waals surface area contributed by atoms with Gasteiger partial charge in [0.05, 0.1) is 10.2 Å². The molecule has 1 aliphatic heterocycles. The first-order valence-corrected chi connectivity index (χ1v) is 8.39. The number of ketones is 1. The van der Waals surface area contributed by atoms with Crippen LogP contribution >= 0.6 is 15.9 Å². The highest BCUT2D eigenvalue weighted by molar-refractivity contribution is 9.10. The topological polar surface area (TPSA) is 49.4 Å². The van der Waals surface area contributed by atoms with Gasteiger partial charge in [-0.25, -0.2) is 0 Å². The molecule has 20 heavy (non-hydrogen) atoms. The van der Waals surface area contributed by atoms with Crippen LogP contribution in [-0.4, -0.2) is 47.6 Å². The van der Waals surface area contributed by atoms with Crippen LogP contribution in [0.1, 0.15) is 33.6 Å². The van der Waals surface area contributed by atoms with Gasteiger partial charge >= 0.3 is 0 Å². The van der Waals surface area contributed by atoms with Crippen molar-refractivity contribution < 1.29 is 9.59 Å². The zero-order valence-electron chi connectivity index (χ0n) is 12.5. The Morgan fingerprint density at radius 2 is 1.85 bits per heavy atom. The summed E-state index contributed by atoms with van der Waals surface area (Å²) < 4.78 is 0. The van der Waals surface area contributed by atoms with E-state index in [2.05, 4.69) is 35.1 Å². The number of fused-ring (bicyclic) bond motifs is 2. The maximum atomic E-state index is 13.2. The van der Waals surface area contributed by atoms with Crippen LogP contribution < -0.4 is 5.32 Å². The standard InChI is InChI=1S/C15H23BrN2O2/c1-13(2)14(3)4-5-15(13,10(16)11(14)19)12(20)18-8-6-17-7-9-18/h10,17H,4-9H2,1-3H3/t10-,14-,15+/m0/s1. The minimum Gasteiger partial charge on any atom is -0.340 e. The molecule has 112 valence electrons. The molecule has 3 aliphatic rings. The molecule has 0 aromatic carbocycles. The fraction of sp³-hybridized carbons (Fsp3) is 0.867. The van der Waals surface area contributed by atoms with Crippen LogP contribution in [0.2, 0.25) is 0 Å². The van der Waals surface area contributed by atoms with E-state index < -0.39 is 5.41 Å². The fourth-order valence-electron chi connectivity index (χ4n) is 4.58. The summed E-state index contributed by atoms with van der Waals surface area (Å²) in [4.78, 5) is 27.5. The van der Waals surface area contributed by atoms with E-state index in [9.17, 15) is 9.59 Å². The molecular formula is C15H23BrN2O2. The molecule has 4 nitrogen and oxygen atoms in total. The van der Waals surface area contributed by atoms with Gasteiger partial charge in [-0.2, -0.15) is 0 Å². The van der Waals surface area contributed by atoms with Gasteiger partial charge in [0.2, 0.25) is 5.91 Å². The van der Waals surface area contributed by atoms with Crippen molar-refractivity contribution in [3.8, 4) is 0 Å². The summed E-state index contributed by atoms with van der Waals surface area (Å²) in [5, 5.41) is 3.28. The van der Waals surface area contributed by atoms with E-state index in [1.807, 2.05) is 11.8 Å². The summed E-state index contributed by atoms with van der Waals surface area (Å²) in [6, 6.07) is 0. The number of rotatable bonds is 1. The Bertz CT molecular complexity index is 472. The van der Waals surface area contributed by atoms with Crippen LogP contribution in [0.5, 0.6) is 0 Å². The molecule has 0 spiro atoms. The van der Waals surface area contributed by atoms with Crippen LogP contribution in [0.15, 0.2) is 0 Å². The minimum atomic E-state index is -0.559. The molecule has 1 amide bonds. The zero-order chi connectivity index (χ0) is 14.8. The highest BCUT2D eigenvalue weighted by Gasteiger charge is 2.77. The van der Waals surface area contributed by atoms with Crippen molar-refractivity contribution in [3.05, 3.63) is 0 Å². The highest BCUT2D eigenvalue weighted by Crippen LogP contribution is 2.72. The maximum Gasteiger partial charge on any atom is 0.231 e. The number of halogens is 1. The second-order valence-corrected chi connectivity index (χ2v) is 8.11. The van der Waals surface area contributed by atoms with Crippen molar-refractivity contribution in [2.24, 2.45) is 16.2 Å². The number of hydrogen-bond donors (Lipinski definition) is 1. The normalized spacial score (nSPS) is 43.1. The number of alkyl halides is 1. The molecule has 0 aromatic rings. The lowest BCUT2D eigenvalue weighted by Crippen LogP contribution is -2.56. The molecule has 1 saturated heterocycles. The molecule has 0 unspecified atom stereocenters. The number of nitrogens with one attached hydrogen (secondary N) is 1. The monoisotopic (exact) mass is 342 g/mol. The van der Waals surface area contributed by atoms with E-state index in [1.54, 1.807) is 0 Å². The molecule has 2 aliphatic carbocycles. The Kier molecular flexibility index (Phi) is 3.11. The molecule has 3 rings (SSSR count). The summed E-state index contributed by atoms with van der Waals surface area (Å²) in [7, 11) is 0. The van der Waals surface area contributed by atoms with Gasteiger partial charge in [-0.05, 0) is 18.3 Å². The molecule has 3 atom stereocenters. The third-order valence-electron chi connectivity index (χ3n) is 6.51. The molecular weight excluding hydrogens is 320 g/mol. The van der Waals surface area contributed by atoms with Crippen LogP contribution in [0.25, 0.3) is 0 Å². The van der Waals surface area contributed by atoms with Crippen LogP contribution in [0.3, 0.4) is 0 Å². The zero-order valence-corrected chi connectivity index (χ0v) is 14.0. The Labute approximate surface area is 128 Å². The van der Waals surface area contributed by atoms with Crippen LogP contribution in [0.4, 0.5) is 0 Å². The molecule has 5 heteroatoms. The Hall–Kier alpha value is -0.420. The molecule has 2 saturated carbocycles. The fourth-order valence-corrected chi connectivity index (χ4v) is 6.08. The average molecular weight is 343 g/mol. The van der Waals surface area contributed by atoms with Crippen molar-refractivity contribution in [1.29, 1.82) is 0 Å². The number of nitrogens with zero attached hydrogens (tertiary/aromatic N) is 1. The van der Waals surface area contributed by atoms with Gasteiger partial charge in [-0.15, -0.1) is 0 Å². The lowest BCUT2D eigenvalue weighted by atomic mass is 9.64. The van der Waals surface area contributed by atoms with Crippen LogP contribution in [0, 0.1) is 16.2 Å². The van der Waals surface area contributed by atoms with Crippen molar-refractivity contribution in [2.75, 3.05) is 26.2 Å². The Morgan fingerprint density at radius 3 is 2.35 bits per heavy atom. The van der Waals surface area contributed by atoms with Gasteiger partial charge in [-0.3, -0.25) is 9.59 Å². The van der Waals surface area contributed by atoms with E-state index in [0.29, 0.717) is 0 Å². The van der Waals surface area contributed by atoms with Gasteiger partial charge in [-0.1, -0.05) is 36.7 Å². The number of amides is 1. The summed E-state index contributed by atoms with van der Waals surface area (Å²) in [5.41, 5.74) is -1.21. The van der Waals surface area contributed by atoms with E-state index >= 15 is 0 Å². The SMILES string of the molecule is CC1(C)[C@@]2(C)CC[C@]1(C(=O)N1CCNCC1)[C@@H](Br)C2=O. The number of piperazine rings is 1. The lowest BCUT2D eigenvalue weighted by molar-refractivity contribution is -0.147. The molecule has 1 N–H and O–H groups in total. The second kappa shape index (κ2) is 4.29. The highest BCUT2D eigenvalue weighted by atomic mass is 79.9. The van der Waals surface area contributed by atoms with Gasteiger partial charge in [0, 0.05) is 31.6 Å². The maximum absolute atomic E-state index is 13.2. The number of hydrogen-bond acceptors (Lipinski definition) is 3. The molecule has 1 heterocycles. The van der Waals surface area contributed by atoms with Crippen molar-refractivity contribution in [2.45, 2.75) is 38.4 Å². The minimum absolute atomic E-state index is 0.181. The van der Waals surface area contributed by atoms with Gasteiger partial charge in [0.25, 0.3) is 0 Å². The summed E-state index contributed by atoms with van der Waals surface area (Å²) in [6.07, 6.45) is 1.65. The summed E-state index contributed by atoms with van der Waals surface area (Å²) in [5.74, 6) is 0.401. The van der Waals surface area contributed by atoms with Crippen molar-refractivity contribution in [3.63, 3.8) is 0 Å². The van der Waals surface area contributed by atoms with Crippen molar-refractivity contribution in [1.82, 2.24) is 10.2 Å². The first kappa shape index (κ1) is 14.5. The molecule has 0 aromatic heterocycles. The van der Waals surface area contributed by atoms with Gasteiger partial charge in [0.15, 0.2) is 5.78 Å². The lowest BCUT2D eigenvalue weighted by Gasteiger charge is -2.43. The first-order valence-electron chi connectivity index (χ1n) is 7.47. The molecule has 0 radical (unpaired) electrons. The quantitative estimate of drug-likeness (QED) is 0.736. The number of carbonyl (C=O) groups excluding carboxylic acids is 2. The Balaban J connectivity index is 2.02. The van der Waals surface area contributed by atoms with E-state index in [4.69, 9.17) is 0 Å². The van der Waals surface area contributed by atoms with Crippen molar-refractivity contribution >= 4 is 27.6 Å². The van der Waals surface area contributed by atoms with Gasteiger partial charge < -0.3 is 10.2 Å². The third-order valence-corrected chi connectivity index (χ3v) is 7.70. The van der Waals surface area contributed by atoms with E-state index in [0.717, 1.165) is 39.0 Å². The van der Waals surface area contributed by atoms with Crippen LogP contribution in [-0.2, 0) is 9.59 Å². The Morgan fingerprint density at radius 1 is 1.25 bits per heavy atom. The summed E-state index contributed by atoms with van der Waals surface area (Å²) in [6.45, 7) is 9.46. The first-order chi connectivity index (χ1) is 9.29. The third kappa shape index (κ3) is 1.41.